The minimum absolute atomic E-state index is 0.680. The second-order valence-corrected chi connectivity index (χ2v) is 5.67. The maximum atomic E-state index is 3.43. The van der Waals surface area contributed by atoms with E-state index in [1.165, 1.54) is 36.5 Å². The molecule has 2 nitrogen and oxygen atoms in total. The number of thiophene rings is 1. The van der Waals surface area contributed by atoms with Gasteiger partial charge in [-0.3, -0.25) is 0 Å². The normalized spacial score (nSPS) is 26.4. The fraction of sp³-hybridized carbons (Fsp3) is 0.538. The molecule has 0 amide bonds. The molecule has 1 N–H and O–H groups in total. The van der Waals surface area contributed by atoms with Crippen molar-refractivity contribution >= 4 is 17.0 Å². The van der Waals surface area contributed by atoms with Crippen molar-refractivity contribution in [2.75, 3.05) is 20.1 Å². The van der Waals surface area contributed by atoms with E-state index >= 15 is 0 Å². The van der Waals surface area contributed by atoms with Crippen molar-refractivity contribution in [3.8, 4) is 0 Å². The van der Waals surface area contributed by atoms with Crippen LogP contribution in [-0.2, 0) is 0 Å². The Morgan fingerprint density at radius 2 is 2.19 bits per heavy atom. The van der Waals surface area contributed by atoms with E-state index in [2.05, 4.69) is 40.9 Å². The standard InChI is InChI=1S/C13H18N2S/c1-15-11(10-4-6-14-7-5-10)9-12(15)13-3-2-8-16-13/h2-3,8-11,14H,4-7H2,1H3. The van der Waals surface area contributed by atoms with Gasteiger partial charge < -0.3 is 10.2 Å². The molecule has 0 aromatic carbocycles. The Labute approximate surface area is 101 Å². The van der Waals surface area contributed by atoms with Crippen LogP contribution in [0.5, 0.6) is 0 Å². The predicted octanol–water partition coefficient (Wildman–Crippen LogP) is 2.40. The highest BCUT2D eigenvalue weighted by Crippen LogP contribution is 2.37. The van der Waals surface area contributed by atoms with Gasteiger partial charge >= 0.3 is 0 Å². The van der Waals surface area contributed by atoms with Crippen LogP contribution in [0.3, 0.4) is 0 Å². The summed E-state index contributed by atoms with van der Waals surface area (Å²) >= 11 is 1.84. The van der Waals surface area contributed by atoms with Gasteiger partial charge in [-0.2, -0.15) is 0 Å². The summed E-state index contributed by atoms with van der Waals surface area (Å²) in [5, 5.41) is 5.59. The first-order valence-electron chi connectivity index (χ1n) is 6.05. The van der Waals surface area contributed by atoms with E-state index in [0.29, 0.717) is 6.04 Å². The maximum Gasteiger partial charge on any atom is 0.0523 e. The van der Waals surface area contributed by atoms with Crippen LogP contribution in [-0.4, -0.2) is 31.1 Å². The molecule has 16 heavy (non-hydrogen) atoms. The molecule has 2 aliphatic heterocycles. The van der Waals surface area contributed by atoms with E-state index < -0.39 is 0 Å². The van der Waals surface area contributed by atoms with Crippen LogP contribution in [0.1, 0.15) is 17.7 Å². The van der Waals surface area contributed by atoms with Crippen LogP contribution < -0.4 is 5.32 Å². The smallest absolute Gasteiger partial charge is 0.0523 e. The average Bonchev–Trinajstić information content (AvgIpc) is 2.82. The molecule has 0 bridgehead atoms. The Morgan fingerprint density at radius 3 is 2.81 bits per heavy atom. The van der Waals surface area contributed by atoms with Gasteiger partial charge in [-0.25, -0.2) is 0 Å². The first-order chi connectivity index (χ1) is 7.86. The van der Waals surface area contributed by atoms with Gasteiger partial charge in [0, 0.05) is 7.05 Å². The van der Waals surface area contributed by atoms with Gasteiger partial charge in [0.05, 0.1) is 16.6 Å². The topological polar surface area (TPSA) is 15.3 Å². The first-order valence-corrected chi connectivity index (χ1v) is 6.93. The van der Waals surface area contributed by atoms with Gasteiger partial charge in [0.1, 0.15) is 0 Å². The predicted molar refractivity (Wildman–Crippen MR) is 69.4 cm³/mol. The van der Waals surface area contributed by atoms with E-state index in [4.69, 9.17) is 0 Å². The number of nitrogens with zero attached hydrogens (tertiary/aromatic N) is 1. The SMILES string of the molecule is CN1C(c2cccs2)=CC1C1CCNCC1. The Bertz CT molecular complexity index is 377. The van der Waals surface area contributed by atoms with E-state index in [-0.39, 0.29) is 0 Å². The highest BCUT2D eigenvalue weighted by Gasteiger charge is 2.33. The monoisotopic (exact) mass is 234 g/mol. The van der Waals surface area contributed by atoms with Crippen LogP contribution in [0.2, 0.25) is 0 Å². The van der Waals surface area contributed by atoms with Gasteiger partial charge in [-0.05, 0) is 49.4 Å². The van der Waals surface area contributed by atoms with Crippen molar-refractivity contribution in [2.45, 2.75) is 18.9 Å². The summed E-state index contributed by atoms with van der Waals surface area (Å²) in [4.78, 5) is 3.87. The van der Waals surface area contributed by atoms with E-state index in [1.807, 2.05) is 11.3 Å². The zero-order valence-electron chi connectivity index (χ0n) is 9.65. The molecule has 1 unspecified atom stereocenters. The van der Waals surface area contributed by atoms with Crippen molar-refractivity contribution in [1.82, 2.24) is 10.2 Å². The summed E-state index contributed by atoms with van der Waals surface area (Å²) in [5.41, 5.74) is 1.43. The molecule has 0 spiro atoms. The van der Waals surface area contributed by atoms with Crippen molar-refractivity contribution in [1.29, 1.82) is 0 Å². The molecule has 0 radical (unpaired) electrons. The van der Waals surface area contributed by atoms with E-state index in [0.717, 1.165) is 5.92 Å². The van der Waals surface area contributed by atoms with Gasteiger partial charge in [0.2, 0.25) is 0 Å². The summed E-state index contributed by atoms with van der Waals surface area (Å²) in [6, 6.07) is 5.03. The van der Waals surface area contributed by atoms with Crippen LogP contribution in [0.25, 0.3) is 5.70 Å². The van der Waals surface area contributed by atoms with Gasteiger partial charge in [-0.1, -0.05) is 6.07 Å². The maximum absolute atomic E-state index is 3.43. The molecule has 1 aromatic rings. The summed E-state index contributed by atoms with van der Waals surface area (Å²) in [7, 11) is 2.24. The fourth-order valence-corrected chi connectivity index (χ4v) is 3.58. The van der Waals surface area contributed by atoms with Crippen molar-refractivity contribution < 1.29 is 0 Å². The lowest BCUT2D eigenvalue weighted by Crippen LogP contribution is -2.46. The molecule has 1 aromatic heterocycles. The van der Waals surface area contributed by atoms with Crippen LogP contribution in [0.4, 0.5) is 0 Å². The number of likely N-dealkylation sites (N-methyl/N-ethyl adjacent to an activating group) is 1. The summed E-state index contributed by atoms with van der Waals surface area (Å²) in [6.07, 6.45) is 5.11. The van der Waals surface area contributed by atoms with E-state index in [1.54, 1.807) is 0 Å². The molecule has 2 aliphatic rings. The van der Waals surface area contributed by atoms with Gasteiger partial charge in [0.25, 0.3) is 0 Å². The molecule has 1 saturated heterocycles. The number of nitrogens with one attached hydrogen (secondary N) is 1. The van der Waals surface area contributed by atoms with Crippen LogP contribution in [0, 0.1) is 5.92 Å². The molecular weight excluding hydrogens is 216 g/mol. The number of rotatable bonds is 2. The zero-order chi connectivity index (χ0) is 11.0. The third-order valence-electron chi connectivity index (χ3n) is 3.80. The van der Waals surface area contributed by atoms with Crippen molar-refractivity contribution in [3.05, 3.63) is 28.5 Å². The Morgan fingerprint density at radius 1 is 1.38 bits per heavy atom. The highest BCUT2D eigenvalue weighted by molar-refractivity contribution is 7.11. The van der Waals surface area contributed by atoms with Gasteiger partial charge in [-0.15, -0.1) is 11.3 Å². The lowest BCUT2D eigenvalue weighted by molar-refractivity contribution is 0.218. The quantitative estimate of drug-likeness (QED) is 0.845. The second kappa shape index (κ2) is 4.22. The van der Waals surface area contributed by atoms with Crippen molar-refractivity contribution in [3.63, 3.8) is 0 Å². The third kappa shape index (κ3) is 1.68. The number of hydrogen-bond donors (Lipinski definition) is 1. The molecular formula is C13H18N2S. The molecule has 1 fully saturated rings. The van der Waals surface area contributed by atoms with Crippen molar-refractivity contribution in [2.24, 2.45) is 5.92 Å². The molecule has 0 saturated carbocycles. The zero-order valence-corrected chi connectivity index (χ0v) is 10.5. The largest absolute Gasteiger partial charge is 0.367 e. The Hall–Kier alpha value is -0.800. The first kappa shape index (κ1) is 10.4. The summed E-state index contributed by atoms with van der Waals surface area (Å²) < 4.78 is 0. The lowest BCUT2D eigenvalue weighted by Gasteiger charge is -2.44. The molecule has 3 rings (SSSR count). The Kier molecular flexibility index (Phi) is 2.74. The molecule has 1 atom stereocenters. The van der Waals surface area contributed by atoms with Crippen LogP contribution >= 0.6 is 11.3 Å². The minimum atomic E-state index is 0.680. The summed E-state index contributed by atoms with van der Waals surface area (Å²) in [5.74, 6) is 0.856. The third-order valence-corrected chi connectivity index (χ3v) is 4.69. The number of hydrogen-bond acceptors (Lipinski definition) is 3. The van der Waals surface area contributed by atoms with E-state index in [9.17, 15) is 0 Å². The molecule has 0 aliphatic carbocycles. The molecule has 3 heterocycles. The van der Waals surface area contributed by atoms with Crippen LogP contribution in [0.15, 0.2) is 23.6 Å². The molecule has 3 heteroatoms. The highest BCUT2D eigenvalue weighted by atomic mass is 32.1. The number of piperidine rings is 1. The second-order valence-electron chi connectivity index (χ2n) is 4.72. The fourth-order valence-electron chi connectivity index (χ4n) is 2.79. The minimum Gasteiger partial charge on any atom is -0.367 e. The average molecular weight is 234 g/mol. The lowest BCUT2D eigenvalue weighted by atomic mass is 9.84. The summed E-state index contributed by atoms with van der Waals surface area (Å²) in [6.45, 7) is 2.38. The Balaban J connectivity index is 1.72. The van der Waals surface area contributed by atoms with Gasteiger partial charge in [0.15, 0.2) is 0 Å². The molecule has 86 valence electrons.